The Balaban J connectivity index is 1.33. The van der Waals surface area contributed by atoms with Crippen molar-refractivity contribution in [2.24, 2.45) is 0 Å². The van der Waals surface area contributed by atoms with Crippen LogP contribution >= 0.6 is 0 Å². The molecule has 7 nitrogen and oxygen atoms in total. The fraction of sp³-hybridized carbons (Fsp3) is 0.450. The second kappa shape index (κ2) is 6.62. The summed E-state index contributed by atoms with van der Waals surface area (Å²) in [6.45, 7) is 0.717. The SMILES string of the molecule is O=C(c1ccon1)N1CCC2(CC1)O[C@@H]1CC[C@@H](c3cc(F)cc(F)c3)N1C2=O. The number of likely N-dealkylation sites (tertiary alicyclic amines) is 1. The number of fused-ring (bicyclic) bond motifs is 1. The van der Waals surface area contributed by atoms with Gasteiger partial charge in [0.25, 0.3) is 11.8 Å². The molecular formula is C20H19F2N3O4. The Morgan fingerprint density at radius 1 is 1.14 bits per heavy atom. The van der Waals surface area contributed by atoms with E-state index in [1.165, 1.54) is 24.5 Å². The molecule has 0 radical (unpaired) electrons. The fourth-order valence-corrected chi connectivity index (χ4v) is 4.70. The molecule has 0 aliphatic carbocycles. The number of rotatable bonds is 2. The molecule has 0 saturated carbocycles. The largest absolute Gasteiger partial charge is 0.364 e. The highest BCUT2D eigenvalue weighted by Crippen LogP contribution is 2.47. The van der Waals surface area contributed by atoms with E-state index in [1.807, 2.05) is 0 Å². The van der Waals surface area contributed by atoms with Gasteiger partial charge in [-0.25, -0.2) is 8.78 Å². The lowest BCUT2D eigenvalue weighted by atomic mass is 9.89. The molecule has 4 heterocycles. The summed E-state index contributed by atoms with van der Waals surface area (Å²) in [5.41, 5.74) is -0.318. The minimum absolute atomic E-state index is 0.164. The first-order valence-corrected chi connectivity index (χ1v) is 9.63. The van der Waals surface area contributed by atoms with Crippen molar-refractivity contribution < 1.29 is 27.6 Å². The lowest BCUT2D eigenvalue weighted by Crippen LogP contribution is -2.51. The molecule has 1 aromatic carbocycles. The Morgan fingerprint density at radius 2 is 1.86 bits per heavy atom. The molecule has 2 aromatic rings. The third-order valence-electron chi connectivity index (χ3n) is 6.10. The van der Waals surface area contributed by atoms with Crippen molar-refractivity contribution in [1.29, 1.82) is 0 Å². The molecule has 0 bridgehead atoms. The van der Waals surface area contributed by atoms with Crippen LogP contribution in [0.4, 0.5) is 8.78 Å². The van der Waals surface area contributed by atoms with E-state index in [0.29, 0.717) is 44.3 Å². The van der Waals surface area contributed by atoms with E-state index in [-0.39, 0.29) is 17.5 Å². The van der Waals surface area contributed by atoms with E-state index in [0.717, 1.165) is 6.07 Å². The number of carbonyl (C=O) groups excluding carboxylic acids is 2. The van der Waals surface area contributed by atoms with Crippen LogP contribution in [0, 0.1) is 11.6 Å². The summed E-state index contributed by atoms with van der Waals surface area (Å²) in [4.78, 5) is 29.0. The predicted octanol–water partition coefficient (Wildman–Crippen LogP) is 2.65. The minimum atomic E-state index is -0.990. The summed E-state index contributed by atoms with van der Waals surface area (Å²) in [5, 5.41) is 3.67. The summed E-state index contributed by atoms with van der Waals surface area (Å²) in [7, 11) is 0. The average molecular weight is 403 g/mol. The average Bonchev–Trinajstić information content (AvgIpc) is 3.41. The molecule has 1 spiro atoms. The number of amides is 2. The molecule has 29 heavy (non-hydrogen) atoms. The Kier molecular flexibility index (Phi) is 4.16. The van der Waals surface area contributed by atoms with Gasteiger partial charge in [-0.2, -0.15) is 0 Å². The van der Waals surface area contributed by atoms with Gasteiger partial charge in [-0.15, -0.1) is 0 Å². The molecule has 3 aliphatic heterocycles. The van der Waals surface area contributed by atoms with E-state index >= 15 is 0 Å². The lowest BCUT2D eigenvalue weighted by molar-refractivity contribution is -0.142. The maximum atomic E-state index is 13.7. The predicted molar refractivity (Wildman–Crippen MR) is 94.4 cm³/mol. The molecule has 3 saturated heterocycles. The summed E-state index contributed by atoms with van der Waals surface area (Å²) in [6, 6.07) is 4.46. The van der Waals surface area contributed by atoms with Crippen LogP contribution in [0.2, 0.25) is 0 Å². The van der Waals surface area contributed by atoms with Crippen LogP contribution in [-0.4, -0.2) is 51.7 Å². The second-order valence-electron chi connectivity index (χ2n) is 7.75. The van der Waals surface area contributed by atoms with E-state index < -0.39 is 29.5 Å². The third-order valence-corrected chi connectivity index (χ3v) is 6.10. The maximum absolute atomic E-state index is 13.7. The molecule has 1 aromatic heterocycles. The van der Waals surface area contributed by atoms with Gasteiger partial charge in [0, 0.05) is 38.1 Å². The molecule has 152 valence electrons. The van der Waals surface area contributed by atoms with Crippen molar-refractivity contribution in [3.05, 3.63) is 53.4 Å². The van der Waals surface area contributed by atoms with E-state index in [9.17, 15) is 18.4 Å². The highest BCUT2D eigenvalue weighted by molar-refractivity contribution is 5.93. The van der Waals surface area contributed by atoms with Crippen LogP contribution in [0.25, 0.3) is 0 Å². The van der Waals surface area contributed by atoms with Crippen LogP contribution in [0.3, 0.4) is 0 Å². The van der Waals surface area contributed by atoms with Crippen LogP contribution in [-0.2, 0) is 9.53 Å². The van der Waals surface area contributed by atoms with Gasteiger partial charge >= 0.3 is 0 Å². The van der Waals surface area contributed by atoms with Gasteiger partial charge in [-0.05, 0) is 30.5 Å². The zero-order valence-corrected chi connectivity index (χ0v) is 15.5. The fourth-order valence-electron chi connectivity index (χ4n) is 4.70. The normalized spacial score (nSPS) is 25.7. The smallest absolute Gasteiger partial charge is 0.276 e. The van der Waals surface area contributed by atoms with Crippen LogP contribution in [0.15, 0.2) is 35.1 Å². The Labute approximate surface area is 165 Å². The zero-order valence-electron chi connectivity index (χ0n) is 15.5. The number of halogens is 2. The molecule has 3 aliphatic rings. The maximum Gasteiger partial charge on any atom is 0.276 e. The first-order valence-electron chi connectivity index (χ1n) is 9.63. The number of hydrogen-bond donors (Lipinski definition) is 0. The molecule has 0 N–H and O–H groups in total. The quantitative estimate of drug-likeness (QED) is 0.771. The van der Waals surface area contributed by atoms with Gasteiger partial charge in [-0.1, -0.05) is 5.16 Å². The van der Waals surface area contributed by atoms with Crippen molar-refractivity contribution >= 4 is 11.8 Å². The Morgan fingerprint density at radius 3 is 2.52 bits per heavy atom. The highest BCUT2D eigenvalue weighted by Gasteiger charge is 2.58. The molecule has 0 unspecified atom stereocenters. The van der Waals surface area contributed by atoms with Gasteiger partial charge in [0.15, 0.2) is 11.3 Å². The van der Waals surface area contributed by atoms with Gasteiger partial charge in [0.1, 0.15) is 24.1 Å². The third kappa shape index (κ3) is 2.91. The first-order chi connectivity index (χ1) is 14.0. The molecule has 5 rings (SSSR count). The van der Waals surface area contributed by atoms with Crippen molar-refractivity contribution in [2.75, 3.05) is 13.1 Å². The number of hydrogen-bond acceptors (Lipinski definition) is 5. The van der Waals surface area contributed by atoms with Gasteiger partial charge in [-0.3, -0.25) is 9.59 Å². The molecule has 9 heteroatoms. The molecule has 2 atom stereocenters. The van der Waals surface area contributed by atoms with Gasteiger partial charge in [0.05, 0.1) is 6.04 Å². The van der Waals surface area contributed by atoms with Crippen molar-refractivity contribution in [1.82, 2.24) is 15.0 Å². The number of carbonyl (C=O) groups is 2. The number of piperidine rings is 1. The summed E-state index contributed by atoms with van der Waals surface area (Å²) < 4.78 is 38.3. The van der Waals surface area contributed by atoms with Crippen molar-refractivity contribution in [3.63, 3.8) is 0 Å². The highest BCUT2D eigenvalue weighted by atomic mass is 19.1. The Hall–Kier alpha value is -2.81. The summed E-state index contributed by atoms with van der Waals surface area (Å²) >= 11 is 0. The topological polar surface area (TPSA) is 75.9 Å². The van der Waals surface area contributed by atoms with Gasteiger partial charge in [0.2, 0.25) is 0 Å². The van der Waals surface area contributed by atoms with E-state index in [2.05, 4.69) is 5.16 Å². The van der Waals surface area contributed by atoms with Crippen LogP contribution in [0.1, 0.15) is 47.8 Å². The zero-order chi connectivity index (χ0) is 20.2. The minimum Gasteiger partial charge on any atom is -0.364 e. The molecule has 3 fully saturated rings. The van der Waals surface area contributed by atoms with E-state index in [1.54, 1.807) is 9.80 Å². The van der Waals surface area contributed by atoms with E-state index in [4.69, 9.17) is 9.26 Å². The van der Waals surface area contributed by atoms with Crippen LogP contribution < -0.4 is 0 Å². The first kappa shape index (κ1) is 18.2. The van der Waals surface area contributed by atoms with Crippen molar-refractivity contribution in [2.45, 2.75) is 43.6 Å². The summed E-state index contributed by atoms with van der Waals surface area (Å²) in [5.74, 6) is -1.73. The number of aromatic nitrogens is 1. The number of benzene rings is 1. The van der Waals surface area contributed by atoms with Crippen LogP contribution in [0.5, 0.6) is 0 Å². The lowest BCUT2D eigenvalue weighted by Gasteiger charge is -2.37. The second-order valence-corrected chi connectivity index (χ2v) is 7.75. The van der Waals surface area contributed by atoms with Gasteiger partial charge < -0.3 is 19.1 Å². The number of nitrogens with zero attached hydrogens (tertiary/aromatic N) is 3. The summed E-state index contributed by atoms with van der Waals surface area (Å²) in [6.07, 6.45) is 2.87. The monoisotopic (exact) mass is 403 g/mol. The van der Waals surface area contributed by atoms with Crippen molar-refractivity contribution in [3.8, 4) is 0 Å². The molecule has 2 amide bonds. The standard InChI is InChI=1S/C20H19F2N3O4/c21-13-9-12(10-14(22)11-13)16-1-2-17-25(16)19(27)20(29-17)4-6-24(7-5-20)18(26)15-3-8-28-23-15/h3,8-11,16-17H,1-2,4-7H2/t16-,17+/m0/s1. The Bertz CT molecular complexity index is 936. The molecular weight excluding hydrogens is 384 g/mol. The number of ether oxygens (including phenoxy) is 1.